The lowest BCUT2D eigenvalue weighted by atomic mass is 10.0. The van der Waals surface area contributed by atoms with Crippen LogP contribution in [0.25, 0.3) is 0 Å². The highest BCUT2D eigenvalue weighted by atomic mass is 32.1. The first-order valence-electron chi connectivity index (χ1n) is 6.71. The fourth-order valence-corrected chi connectivity index (χ4v) is 2.74. The first-order valence-corrected chi connectivity index (χ1v) is 7.34. The molecule has 3 heteroatoms. The summed E-state index contributed by atoms with van der Waals surface area (Å²) in [6.07, 6.45) is 5.53. The Morgan fingerprint density at radius 1 is 1.31 bits per heavy atom. The van der Waals surface area contributed by atoms with Crippen molar-refractivity contribution in [3.8, 4) is 0 Å². The Labute approximate surface area is 106 Å². The quantitative estimate of drug-likeness (QED) is 0.693. The van der Waals surface area contributed by atoms with Gasteiger partial charge in [0.15, 0.2) is 0 Å². The third-order valence-electron chi connectivity index (χ3n) is 3.50. The molecule has 1 unspecified atom stereocenters. The van der Waals surface area contributed by atoms with Crippen molar-refractivity contribution in [3.05, 3.63) is 0 Å². The summed E-state index contributed by atoms with van der Waals surface area (Å²) in [5, 5.41) is 0. The number of rotatable bonds is 7. The average molecular weight is 245 g/mol. The number of nitrogens with zero attached hydrogens (tertiary/aromatic N) is 1. The van der Waals surface area contributed by atoms with Crippen molar-refractivity contribution in [2.75, 3.05) is 32.0 Å². The molecule has 0 N–H and O–H groups in total. The molecule has 2 nitrogen and oxygen atoms in total. The molecule has 1 fully saturated rings. The Kier molecular flexibility index (Phi) is 7.50. The Morgan fingerprint density at radius 2 is 2.00 bits per heavy atom. The van der Waals surface area contributed by atoms with Crippen LogP contribution in [0.15, 0.2) is 0 Å². The van der Waals surface area contributed by atoms with Crippen molar-refractivity contribution in [1.29, 1.82) is 0 Å². The Morgan fingerprint density at radius 3 is 2.56 bits per heavy atom. The molecular weight excluding hydrogens is 218 g/mol. The fourth-order valence-electron chi connectivity index (χ4n) is 2.30. The van der Waals surface area contributed by atoms with Gasteiger partial charge in [-0.25, -0.2) is 0 Å². The van der Waals surface area contributed by atoms with E-state index in [1.807, 2.05) is 0 Å². The van der Waals surface area contributed by atoms with Crippen LogP contribution >= 0.6 is 12.6 Å². The molecule has 0 aromatic rings. The summed E-state index contributed by atoms with van der Waals surface area (Å²) in [4.78, 5) is 2.59. The van der Waals surface area contributed by atoms with Crippen LogP contribution in [-0.4, -0.2) is 43.0 Å². The minimum atomic E-state index is 0.524. The predicted octanol–water partition coefficient (Wildman–Crippen LogP) is 2.83. The maximum Gasteiger partial charge on any atom is 0.0599 e. The fraction of sp³-hybridized carbons (Fsp3) is 1.00. The molecule has 1 rings (SSSR count). The molecule has 1 heterocycles. The second-order valence-corrected chi connectivity index (χ2v) is 5.35. The molecule has 96 valence electrons. The standard InChI is InChI=1S/C13H27NOS/c1-3-15-13-5-9-14(10-6-13)8-4-12(2)7-11-16/h12-13,16H,3-11H2,1-2H3. The lowest BCUT2D eigenvalue weighted by Gasteiger charge is -2.32. The van der Waals surface area contributed by atoms with E-state index in [1.165, 1.54) is 45.3 Å². The maximum absolute atomic E-state index is 5.66. The number of thiol groups is 1. The van der Waals surface area contributed by atoms with Crippen LogP contribution in [0, 0.1) is 5.92 Å². The minimum absolute atomic E-state index is 0.524. The van der Waals surface area contributed by atoms with Gasteiger partial charge in [0.2, 0.25) is 0 Å². The second kappa shape index (κ2) is 8.37. The first kappa shape index (κ1) is 14.3. The number of piperidine rings is 1. The van der Waals surface area contributed by atoms with Crippen molar-refractivity contribution in [1.82, 2.24) is 4.90 Å². The zero-order valence-corrected chi connectivity index (χ0v) is 11.7. The molecular formula is C13H27NOS. The van der Waals surface area contributed by atoms with Gasteiger partial charge in [-0.3, -0.25) is 0 Å². The zero-order valence-electron chi connectivity index (χ0n) is 10.8. The number of likely N-dealkylation sites (tertiary alicyclic amines) is 1. The summed E-state index contributed by atoms with van der Waals surface area (Å²) < 4.78 is 5.66. The highest BCUT2D eigenvalue weighted by Gasteiger charge is 2.19. The lowest BCUT2D eigenvalue weighted by Crippen LogP contribution is -2.38. The van der Waals surface area contributed by atoms with Crippen LogP contribution in [-0.2, 0) is 4.74 Å². The molecule has 1 saturated heterocycles. The third kappa shape index (κ3) is 5.55. The molecule has 0 radical (unpaired) electrons. The van der Waals surface area contributed by atoms with E-state index < -0.39 is 0 Å². The number of hydrogen-bond donors (Lipinski definition) is 1. The Bertz CT molecular complexity index is 169. The third-order valence-corrected chi connectivity index (χ3v) is 3.76. The van der Waals surface area contributed by atoms with Crippen LogP contribution in [0.3, 0.4) is 0 Å². The van der Waals surface area contributed by atoms with Crippen molar-refractivity contribution in [2.24, 2.45) is 5.92 Å². The van der Waals surface area contributed by atoms with Gasteiger partial charge in [0.1, 0.15) is 0 Å². The van der Waals surface area contributed by atoms with E-state index in [2.05, 4.69) is 31.4 Å². The van der Waals surface area contributed by atoms with Gasteiger partial charge in [-0.15, -0.1) is 0 Å². The van der Waals surface area contributed by atoms with Crippen molar-refractivity contribution < 1.29 is 4.74 Å². The molecule has 0 aromatic heterocycles. The molecule has 0 spiro atoms. The molecule has 0 saturated carbocycles. The Hall–Kier alpha value is 0.270. The van der Waals surface area contributed by atoms with Crippen LogP contribution in [0.1, 0.15) is 39.5 Å². The lowest BCUT2D eigenvalue weighted by molar-refractivity contribution is 0.0134. The summed E-state index contributed by atoms with van der Waals surface area (Å²) in [5.41, 5.74) is 0. The SMILES string of the molecule is CCOC1CCN(CCC(C)CCS)CC1. The Balaban J connectivity index is 2.07. The van der Waals surface area contributed by atoms with Crippen LogP contribution in [0.4, 0.5) is 0 Å². The summed E-state index contributed by atoms with van der Waals surface area (Å²) >= 11 is 4.28. The smallest absolute Gasteiger partial charge is 0.0599 e. The molecule has 1 aliphatic rings. The van der Waals surface area contributed by atoms with Gasteiger partial charge < -0.3 is 9.64 Å². The number of ether oxygens (including phenoxy) is 1. The van der Waals surface area contributed by atoms with Gasteiger partial charge in [-0.05, 0) is 50.8 Å². The molecule has 1 atom stereocenters. The normalized spacial score (nSPS) is 21.2. The van der Waals surface area contributed by atoms with E-state index in [1.54, 1.807) is 0 Å². The molecule has 1 aliphatic heterocycles. The monoisotopic (exact) mass is 245 g/mol. The highest BCUT2D eigenvalue weighted by molar-refractivity contribution is 7.80. The van der Waals surface area contributed by atoms with Gasteiger partial charge in [0.25, 0.3) is 0 Å². The molecule has 0 amide bonds. The summed E-state index contributed by atoms with van der Waals surface area (Å²) in [5.74, 6) is 1.84. The van der Waals surface area contributed by atoms with E-state index in [0.717, 1.165) is 18.3 Å². The van der Waals surface area contributed by atoms with Gasteiger partial charge in [0.05, 0.1) is 6.10 Å². The van der Waals surface area contributed by atoms with Crippen LogP contribution < -0.4 is 0 Å². The topological polar surface area (TPSA) is 12.5 Å². The molecule has 0 bridgehead atoms. The molecule has 0 aromatic carbocycles. The van der Waals surface area contributed by atoms with Crippen molar-refractivity contribution in [3.63, 3.8) is 0 Å². The van der Waals surface area contributed by atoms with Gasteiger partial charge in [-0.1, -0.05) is 6.92 Å². The predicted molar refractivity (Wildman–Crippen MR) is 73.3 cm³/mol. The number of hydrogen-bond acceptors (Lipinski definition) is 3. The summed E-state index contributed by atoms with van der Waals surface area (Å²) in [6.45, 7) is 8.99. The highest BCUT2D eigenvalue weighted by Crippen LogP contribution is 2.16. The van der Waals surface area contributed by atoms with E-state index in [0.29, 0.717) is 6.10 Å². The van der Waals surface area contributed by atoms with Gasteiger partial charge >= 0.3 is 0 Å². The van der Waals surface area contributed by atoms with E-state index in [9.17, 15) is 0 Å². The van der Waals surface area contributed by atoms with Gasteiger partial charge in [0, 0.05) is 19.7 Å². The van der Waals surface area contributed by atoms with Crippen LogP contribution in [0.2, 0.25) is 0 Å². The molecule has 0 aliphatic carbocycles. The van der Waals surface area contributed by atoms with E-state index in [4.69, 9.17) is 4.74 Å². The largest absolute Gasteiger partial charge is 0.378 e. The van der Waals surface area contributed by atoms with E-state index in [-0.39, 0.29) is 0 Å². The van der Waals surface area contributed by atoms with E-state index >= 15 is 0 Å². The summed E-state index contributed by atoms with van der Waals surface area (Å²) in [6, 6.07) is 0. The average Bonchev–Trinajstić information content (AvgIpc) is 2.29. The van der Waals surface area contributed by atoms with Crippen LogP contribution in [0.5, 0.6) is 0 Å². The zero-order chi connectivity index (χ0) is 11.8. The summed E-state index contributed by atoms with van der Waals surface area (Å²) in [7, 11) is 0. The second-order valence-electron chi connectivity index (χ2n) is 4.90. The minimum Gasteiger partial charge on any atom is -0.378 e. The van der Waals surface area contributed by atoms with Gasteiger partial charge in [-0.2, -0.15) is 12.6 Å². The van der Waals surface area contributed by atoms with Crippen molar-refractivity contribution >= 4 is 12.6 Å². The maximum atomic E-state index is 5.66. The molecule has 16 heavy (non-hydrogen) atoms. The van der Waals surface area contributed by atoms with Crippen molar-refractivity contribution in [2.45, 2.75) is 45.6 Å². The first-order chi connectivity index (χ1) is 7.76.